The van der Waals surface area contributed by atoms with E-state index < -0.39 is 0 Å². The number of thiophene rings is 1. The molecule has 0 radical (unpaired) electrons. The Kier molecular flexibility index (Phi) is 5.47. The van der Waals surface area contributed by atoms with E-state index >= 15 is 0 Å². The Labute approximate surface area is 101 Å². The molecule has 1 atom stereocenters. The Morgan fingerprint density at radius 1 is 1.44 bits per heavy atom. The Bertz CT molecular complexity index is 354. The van der Waals surface area contributed by atoms with E-state index in [1.54, 1.807) is 11.3 Å². The standard InChI is InChI=1S/C12H18N2OS/c1-9(2)15-7-6-14-10(3)12-5-4-11(8-13)16-12/h4-5,9-10,14H,6-7H2,1-3H3. The molecular weight excluding hydrogens is 220 g/mol. The number of rotatable bonds is 6. The normalized spacial score (nSPS) is 12.7. The molecule has 1 aromatic heterocycles. The lowest BCUT2D eigenvalue weighted by molar-refractivity contribution is 0.0797. The molecule has 0 aliphatic heterocycles. The summed E-state index contributed by atoms with van der Waals surface area (Å²) in [6.45, 7) is 7.71. The van der Waals surface area contributed by atoms with Crippen LogP contribution in [-0.2, 0) is 4.74 Å². The summed E-state index contributed by atoms with van der Waals surface area (Å²) in [7, 11) is 0. The van der Waals surface area contributed by atoms with Crippen LogP contribution in [0.5, 0.6) is 0 Å². The van der Waals surface area contributed by atoms with Gasteiger partial charge in [0.05, 0.1) is 12.7 Å². The number of nitrogens with zero attached hydrogens (tertiary/aromatic N) is 1. The first-order valence-corrected chi connectivity index (χ1v) is 6.30. The highest BCUT2D eigenvalue weighted by molar-refractivity contribution is 7.12. The van der Waals surface area contributed by atoms with Gasteiger partial charge in [-0.2, -0.15) is 5.26 Å². The molecule has 0 aromatic carbocycles. The molecule has 0 fully saturated rings. The maximum Gasteiger partial charge on any atom is 0.110 e. The predicted molar refractivity (Wildman–Crippen MR) is 66.5 cm³/mol. The second kappa shape index (κ2) is 6.64. The topological polar surface area (TPSA) is 45.0 Å². The molecule has 4 heteroatoms. The van der Waals surface area contributed by atoms with E-state index in [-0.39, 0.29) is 12.1 Å². The van der Waals surface area contributed by atoms with Gasteiger partial charge in [-0.3, -0.25) is 0 Å². The van der Waals surface area contributed by atoms with Gasteiger partial charge in [0, 0.05) is 17.5 Å². The second-order valence-corrected chi connectivity index (χ2v) is 5.02. The summed E-state index contributed by atoms with van der Waals surface area (Å²) in [4.78, 5) is 1.96. The fourth-order valence-corrected chi connectivity index (χ4v) is 2.15. The Balaban J connectivity index is 2.30. The van der Waals surface area contributed by atoms with Crippen LogP contribution in [-0.4, -0.2) is 19.3 Å². The van der Waals surface area contributed by atoms with E-state index in [1.807, 2.05) is 26.0 Å². The highest BCUT2D eigenvalue weighted by Gasteiger charge is 2.07. The lowest BCUT2D eigenvalue weighted by Gasteiger charge is -2.13. The van der Waals surface area contributed by atoms with E-state index in [1.165, 1.54) is 4.88 Å². The average Bonchev–Trinajstić information content (AvgIpc) is 2.72. The molecule has 0 bridgehead atoms. The molecule has 1 aromatic rings. The summed E-state index contributed by atoms with van der Waals surface area (Å²) in [5, 5.41) is 12.1. The molecule has 0 saturated carbocycles. The van der Waals surface area contributed by atoms with E-state index in [0.29, 0.717) is 0 Å². The second-order valence-electron chi connectivity index (χ2n) is 3.91. The van der Waals surface area contributed by atoms with Gasteiger partial charge >= 0.3 is 0 Å². The molecule has 1 heterocycles. The van der Waals surface area contributed by atoms with Crippen molar-refractivity contribution in [1.29, 1.82) is 5.26 Å². The lowest BCUT2D eigenvalue weighted by atomic mass is 10.3. The van der Waals surface area contributed by atoms with Crippen molar-refractivity contribution < 1.29 is 4.74 Å². The van der Waals surface area contributed by atoms with Gasteiger partial charge < -0.3 is 10.1 Å². The van der Waals surface area contributed by atoms with E-state index in [9.17, 15) is 0 Å². The monoisotopic (exact) mass is 238 g/mol. The van der Waals surface area contributed by atoms with Crippen molar-refractivity contribution in [2.24, 2.45) is 0 Å². The molecule has 1 unspecified atom stereocenters. The quantitative estimate of drug-likeness (QED) is 0.775. The largest absolute Gasteiger partial charge is 0.377 e. The van der Waals surface area contributed by atoms with Crippen LogP contribution in [0.1, 0.15) is 36.6 Å². The fourth-order valence-electron chi connectivity index (χ4n) is 1.32. The molecule has 0 aliphatic carbocycles. The molecule has 1 N–H and O–H groups in total. The number of nitriles is 1. The van der Waals surface area contributed by atoms with Gasteiger partial charge in [-0.1, -0.05) is 0 Å². The number of hydrogen-bond acceptors (Lipinski definition) is 4. The maximum absolute atomic E-state index is 8.73. The third-order valence-electron chi connectivity index (χ3n) is 2.17. The molecular formula is C12H18N2OS. The summed E-state index contributed by atoms with van der Waals surface area (Å²) in [5.74, 6) is 0. The summed E-state index contributed by atoms with van der Waals surface area (Å²) < 4.78 is 5.44. The third kappa shape index (κ3) is 4.31. The van der Waals surface area contributed by atoms with Crippen molar-refractivity contribution in [3.05, 3.63) is 21.9 Å². The molecule has 3 nitrogen and oxygen atoms in total. The third-order valence-corrected chi connectivity index (χ3v) is 3.34. The highest BCUT2D eigenvalue weighted by Crippen LogP contribution is 2.22. The molecule has 0 spiro atoms. The Morgan fingerprint density at radius 2 is 2.19 bits per heavy atom. The van der Waals surface area contributed by atoms with Crippen molar-refractivity contribution in [2.45, 2.75) is 32.9 Å². The van der Waals surface area contributed by atoms with Crippen LogP contribution in [0.3, 0.4) is 0 Å². The first kappa shape index (κ1) is 13.2. The lowest BCUT2D eigenvalue weighted by Crippen LogP contribution is -2.23. The summed E-state index contributed by atoms with van der Waals surface area (Å²) in [6, 6.07) is 6.30. The van der Waals surface area contributed by atoms with Crippen LogP contribution in [0.25, 0.3) is 0 Å². The molecule has 1 rings (SSSR count). The molecule has 0 amide bonds. The van der Waals surface area contributed by atoms with Crippen LogP contribution in [0.2, 0.25) is 0 Å². The van der Waals surface area contributed by atoms with Gasteiger partial charge in [0.2, 0.25) is 0 Å². The van der Waals surface area contributed by atoms with Crippen molar-refractivity contribution >= 4 is 11.3 Å². The maximum atomic E-state index is 8.73. The van der Waals surface area contributed by atoms with E-state index in [0.717, 1.165) is 18.0 Å². The van der Waals surface area contributed by atoms with Gasteiger partial charge in [0.25, 0.3) is 0 Å². The summed E-state index contributed by atoms with van der Waals surface area (Å²) in [6.07, 6.45) is 0.282. The first-order valence-electron chi connectivity index (χ1n) is 5.48. The zero-order chi connectivity index (χ0) is 12.0. The minimum absolute atomic E-state index is 0.280. The fraction of sp³-hybridized carbons (Fsp3) is 0.583. The minimum atomic E-state index is 0.280. The molecule has 16 heavy (non-hydrogen) atoms. The Hall–Kier alpha value is -0.890. The van der Waals surface area contributed by atoms with Gasteiger partial charge in [0.1, 0.15) is 10.9 Å². The van der Waals surface area contributed by atoms with Gasteiger partial charge in [-0.15, -0.1) is 11.3 Å². The number of ether oxygens (including phenoxy) is 1. The van der Waals surface area contributed by atoms with Crippen molar-refractivity contribution in [2.75, 3.05) is 13.2 Å². The van der Waals surface area contributed by atoms with Crippen LogP contribution >= 0.6 is 11.3 Å². The van der Waals surface area contributed by atoms with Gasteiger partial charge in [-0.25, -0.2) is 0 Å². The molecule has 88 valence electrons. The predicted octanol–water partition coefficient (Wildman–Crippen LogP) is 2.70. The zero-order valence-corrected chi connectivity index (χ0v) is 10.8. The smallest absolute Gasteiger partial charge is 0.110 e. The SMILES string of the molecule is CC(C)OCCNC(C)c1ccc(C#N)s1. The van der Waals surface area contributed by atoms with Gasteiger partial charge in [-0.05, 0) is 32.9 Å². The number of nitrogens with one attached hydrogen (secondary N) is 1. The van der Waals surface area contributed by atoms with Crippen LogP contribution in [0, 0.1) is 11.3 Å². The summed E-state index contributed by atoms with van der Waals surface area (Å²) in [5.41, 5.74) is 0. The first-order chi connectivity index (χ1) is 7.63. The van der Waals surface area contributed by atoms with E-state index in [2.05, 4.69) is 18.3 Å². The minimum Gasteiger partial charge on any atom is -0.377 e. The van der Waals surface area contributed by atoms with Crippen LogP contribution in [0.4, 0.5) is 0 Å². The number of hydrogen-bond donors (Lipinski definition) is 1. The van der Waals surface area contributed by atoms with Gasteiger partial charge in [0.15, 0.2) is 0 Å². The Morgan fingerprint density at radius 3 is 2.75 bits per heavy atom. The average molecular weight is 238 g/mol. The summed E-state index contributed by atoms with van der Waals surface area (Å²) >= 11 is 1.54. The van der Waals surface area contributed by atoms with Crippen molar-refractivity contribution in [3.8, 4) is 6.07 Å². The molecule has 0 saturated heterocycles. The van der Waals surface area contributed by atoms with Crippen molar-refractivity contribution in [1.82, 2.24) is 5.32 Å². The van der Waals surface area contributed by atoms with Crippen molar-refractivity contribution in [3.63, 3.8) is 0 Å². The zero-order valence-electron chi connectivity index (χ0n) is 9.99. The van der Waals surface area contributed by atoms with Crippen LogP contribution < -0.4 is 5.32 Å². The van der Waals surface area contributed by atoms with Crippen LogP contribution in [0.15, 0.2) is 12.1 Å². The highest BCUT2D eigenvalue weighted by atomic mass is 32.1. The van der Waals surface area contributed by atoms with E-state index in [4.69, 9.17) is 10.00 Å². The molecule has 0 aliphatic rings.